The van der Waals surface area contributed by atoms with E-state index in [9.17, 15) is 4.79 Å². The van der Waals surface area contributed by atoms with Crippen LogP contribution in [0.15, 0.2) is 12.4 Å². The number of carbonyl (C=O) groups excluding carboxylic acids is 1. The Morgan fingerprint density at radius 3 is 3.19 bits per heavy atom. The van der Waals surface area contributed by atoms with Gasteiger partial charge in [-0.25, -0.2) is 9.78 Å². The van der Waals surface area contributed by atoms with E-state index in [0.717, 1.165) is 22.1 Å². The summed E-state index contributed by atoms with van der Waals surface area (Å²) in [5.41, 5.74) is 2.65. The van der Waals surface area contributed by atoms with Crippen LogP contribution in [0.1, 0.15) is 11.8 Å². The van der Waals surface area contributed by atoms with Gasteiger partial charge >= 0.3 is 6.09 Å². The molecule has 0 atom stereocenters. The van der Waals surface area contributed by atoms with Gasteiger partial charge in [0, 0.05) is 19.4 Å². The first kappa shape index (κ1) is 10.7. The third-order valence-corrected chi connectivity index (χ3v) is 3.31. The molecule has 0 fully saturated rings. The molecule has 16 heavy (non-hydrogen) atoms. The van der Waals surface area contributed by atoms with Gasteiger partial charge in [-0.2, -0.15) is 5.48 Å². The van der Waals surface area contributed by atoms with Gasteiger partial charge in [0.05, 0.1) is 4.88 Å². The van der Waals surface area contributed by atoms with E-state index in [2.05, 4.69) is 15.8 Å². The number of hydrogen-bond donors (Lipinski definition) is 2. The fourth-order valence-corrected chi connectivity index (χ4v) is 2.29. The van der Waals surface area contributed by atoms with Crippen molar-refractivity contribution >= 4 is 28.2 Å². The number of hydrogen-bond acceptors (Lipinski definition) is 5. The zero-order valence-corrected chi connectivity index (χ0v) is 9.80. The lowest BCUT2D eigenvalue weighted by Crippen LogP contribution is -2.22. The summed E-state index contributed by atoms with van der Waals surface area (Å²) in [5, 5.41) is 2.36. The van der Waals surface area contributed by atoms with E-state index in [4.69, 9.17) is 4.84 Å². The van der Waals surface area contributed by atoms with Crippen molar-refractivity contribution in [3.8, 4) is 0 Å². The lowest BCUT2D eigenvalue weighted by atomic mass is 10.4. The van der Waals surface area contributed by atoms with Crippen molar-refractivity contribution in [1.29, 1.82) is 0 Å². The average Bonchev–Trinajstić information content (AvgIpc) is 2.85. The van der Waals surface area contributed by atoms with Crippen LogP contribution in [0.5, 0.6) is 0 Å². The van der Waals surface area contributed by atoms with Crippen molar-refractivity contribution in [2.24, 2.45) is 0 Å². The summed E-state index contributed by atoms with van der Waals surface area (Å²) >= 11 is 1.57. The van der Waals surface area contributed by atoms with Gasteiger partial charge in [-0.05, 0) is 6.42 Å². The van der Waals surface area contributed by atoms with Crippen LogP contribution >= 0.6 is 11.3 Å². The second kappa shape index (κ2) is 4.40. The molecule has 0 aliphatic carbocycles. The fraction of sp³-hybridized carbons (Fsp3) is 0.333. The van der Waals surface area contributed by atoms with Gasteiger partial charge in [-0.15, -0.1) is 0 Å². The van der Waals surface area contributed by atoms with Gasteiger partial charge in [0.25, 0.3) is 0 Å². The molecule has 2 N–H and O–H groups in total. The van der Waals surface area contributed by atoms with E-state index in [1.165, 1.54) is 7.05 Å². The number of aromatic nitrogens is 2. The molecule has 0 aromatic carbocycles. The summed E-state index contributed by atoms with van der Waals surface area (Å²) in [6.45, 7) is 2.04. The number of aryl methyl sites for hydroxylation is 1. The van der Waals surface area contributed by atoms with Gasteiger partial charge in [0.2, 0.25) is 0 Å². The summed E-state index contributed by atoms with van der Waals surface area (Å²) in [4.78, 5) is 21.9. The van der Waals surface area contributed by atoms with Crippen molar-refractivity contribution < 1.29 is 9.63 Å². The monoisotopic (exact) mass is 240 g/mol. The van der Waals surface area contributed by atoms with Crippen LogP contribution in [0, 0.1) is 0 Å². The molecule has 0 aliphatic heterocycles. The minimum absolute atomic E-state index is 0.526. The fourth-order valence-electron chi connectivity index (χ4n) is 1.32. The predicted molar refractivity (Wildman–Crippen MR) is 61.6 cm³/mol. The zero-order chi connectivity index (χ0) is 11.5. The van der Waals surface area contributed by atoms with Crippen LogP contribution in [-0.2, 0) is 11.3 Å². The number of amides is 1. The highest BCUT2D eigenvalue weighted by Crippen LogP contribution is 2.27. The number of rotatable bonds is 3. The number of nitrogens with one attached hydrogen (secondary N) is 2. The minimum Gasteiger partial charge on any atom is -0.323 e. The molecule has 0 radical (unpaired) electrons. The molecule has 2 rings (SSSR count). The van der Waals surface area contributed by atoms with Crippen molar-refractivity contribution in [2.75, 3.05) is 12.5 Å². The number of imidazole rings is 1. The highest BCUT2D eigenvalue weighted by molar-refractivity contribution is 7.17. The lowest BCUT2D eigenvalue weighted by Gasteiger charge is -2.06. The summed E-state index contributed by atoms with van der Waals surface area (Å²) in [7, 11) is 1.51. The standard InChI is InChI=1S/C9H12N4O2S/c1-3-6-7(12-15-9(14)10-2)13-5-4-11-8(13)16-6/h4-5,12H,3H2,1-2H3,(H,10,14). The quantitative estimate of drug-likeness (QED) is 0.800. The summed E-state index contributed by atoms with van der Waals surface area (Å²) in [6, 6.07) is 0. The molecule has 0 unspecified atom stereocenters. The maximum Gasteiger partial charge on any atom is 0.431 e. The van der Waals surface area contributed by atoms with E-state index in [0.29, 0.717) is 0 Å². The van der Waals surface area contributed by atoms with Crippen LogP contribution in [0.2, 0.25) is 0 Å². The molecule has 2 aromatic heterocycles. The van der Waals surface area contributed by atoms with E-state index >= 15 is 0 Å². The topological polar surface area (TPSA) is 67.7 Å². The van der Waals surface area contributed by atoms with Crippen molar-refractivity contribution in [3.05, 3.63) is 17.3 Å². The highest BCUT2D eigenvalue weighted by Gasteiger charge is 2.12. The van der Waals surface area contributed by atoms with Crippen LogP contribution in [0.3, 0.4) is 0 Å². The van der Waals surface area contributed by atoms with Gasteiger partial charge in [0.1, 0.15) is 0 Å². The molecule has 0 saturated carbocycles. The number of anilines is 1. The first-order valence-corrected chi connectivity index (χ1v) is 5.67. The lowest BCUT2D eigenvalue weighted by molar-refractivity contribution is 0.171. The Balaban J connectivity index is 2.26. The zero-order valence-electron chi connectivity index (χ0n) is 8.98. The maximum atomic E-state index is 11.0. The average molecular weight is 240 g/mol. The molecule has 2 aromatic rings. The maximum absolute atomic E-state index is 11.0. The number of nitrogens with zero attached hydrogens (tertiary/aromatic N) is 2. The normalized spacial score (nSPS) is 10.4. The second-order valence-electron chi connectivity index (χ2n) is 3.05. The molecule has 86 valence electrons. The smallest absolute Gasteiger partial charge is 0.323 e. The van der Waals surface area contributed by atoms with E-state index in [1.54, 1.807) is 17.5 Å². The SMILES string of the molecule is CCc1sc2nccn2c1NOC(=O)NC. The minimum atomic E-state index is -0.526. The van der Waals surface area contributed by atoms with E-state index < -0.39 is 6.09 Å². The third kappa shape index (κ3) is 1.81. The van der Waals surface area contributed by atoms with Crippen LogP contribution < -0.4 is 10.8 Å². The Morgan fingerprint density at radius 2 is 2.50 bits per heavy atom. The summed E-state index contributed by atoms with van der Waals surface area (Å²) in [6.07, 6.45) is 3.85. The molecule has 0 aliphatic rings. The first-order valence-electron chi connectivity index (χ1n) is 4.85. The summed E-state index contributed by atoms with van der Waals surface area (Å²) < 4.78 is 1.85. The molecule has 0 saturated heterocycles. The Morgan fingerprint density at radius 1 is 1.69 bits per heavy atom. The number of thiazole rings is 1. The largest absolute Gasteiger partial charge is 0.431 e. The van der Waals surface area contributed by atoms with Crippen LogP contribution in [-0.4, -0.2) is 22.5 Å². The molecular formula is C9H12N4O2S. The van der Waals surface area contributed by atoms with Crippen molar-refractivity contribution in [1.82, 2.24) is 14.7 Å². The molecule has 1 amide bonds. The molecule has 2 heterocycles. The third-order valence-electron chi connectivity index (χ3n) is 2.09. The molecular weight excluding hydrogens is 228 g/mol. The first-order chi connectivity index (χ1) is 7.76. The van der Waals surface area contributed by atoms with E-state index in [-0.39, 0.29) is 0 Å². The molecule has 7 heteroatoms. The van der Waals surface area contributed by atoms with Gasteiger partial charge < -0.3 is 10.2 Å². The molecule has 0 spiro atoms. The van der Waals surface area contributed by atoms with Crippen LogP contribution in [0.4, 0.5) is 10.6 Å². The Bertz CT molecular complexity index is 505. The Hall–Kier alpha value is -1.76. The highest BCUT2D eigenvalue weighted by atomic mass is 32.1. The molecule has 0 bridgehead atoms. The summed E-state index contributed by atoms with van der Waals surface area (Å²) in [5.74, 6) is 0.753. The molecule has 6 nitrogen and oxygen atoms in total. The van der Waals surface area contributed by atoms with Crippen molar-refractivity contribution in [3.63, 3.8) is 0 Å². The van der Waals surface area contributed by atoms with Gasteiger partial charge in [-0.3, -0.25) is 4.40 Å². The van der Waals surface area contributed by atoms with E-state index in [1.807, 2.05) is 17.5 Å². The second-order valence-corrected chi connectivity index (χ2v) is 4.11. The predicted octanol–water partition coefficient (Wildman–Crippen LogP) is 1.64. The van der Waals surface area contributed by atoms with Crippen molar-refractivity contribution in [2.45, 2.75) is 13.3 Å². The Labute approximate surface area is 96.2 Å². The Kier molecular flexibility index (Phi) is 2.95. The van der Waals surface area contributed by atoms with Gasteiger partial charge in [-0.1, -0.05) is 18.3 Å². The van der Waals surface area contributed by atoms with Gasteiger partial charge in [0.15, 0.2) is 10.8 Å². The number of carbonyl (C=O) groups is 1. The van der Waals surface area contributed by atoms with Crippen LogP contribution in [0.25, 0.3) is 4.96 Å². The number of fused-ring (bicyclic) bond motifs is 1.